The smallest absolute Gasteiger partial charge is 0.390 e. The molecule has 19 heavy (non-hydrogen) atoms. The highest BCUT2D eigenvalue weighted by molar-refractivity contribution is 5.35. The van der Waals surface area contributed by atoms with Crippen molar-refractivity contribution in [2.24, 2.45) is 0 Å². The fourth-order valence-corrected chi connectivity index (χ4v) is 1.82. The minimum Gasteiger partial charge on any atom is -0.390 e. The SMILES string of the molecule is OC1(Cc2cc(C(F)(F)F)cc(C(F)(F)F)c2)CC1. The quantitative estimate of drug-likeness (QED) is 0.819. The van der Waals surface area contributed by atoms with E-state index in [4.69, 9.17) is 0 Å². The van der Waals surface area contributed by atoms with Gasteiger partial charge in [0.25, 0.3) is 0 Å². The summed E-state index contributed by atoms with van der Waals surface area (Å²) >= 11 is 0. The summed E-state index contributed by atoms with van der Waals surface area (Å²) in [6.07, 6.45) is -9.10. The van der Waals surface area contributed by atoms with E-state index in [0.29, 0.717) is 25.0 Å². The summed E-state index contributed by atoms with van der Waals surface area (Å²) in [5.41, 5.74) is -3.99. The van der Waals surface area contributed by atoms with E-state index in [0.717, 1.165) is 0 Å². The van der Waals surface area contributed by atoms with E-state index in [1.807, 2.05) is 0 Å². The van der Waals surface area contributed by atoms with Crippen molar-refractivity contribution in [1.82, 2.24) is 0 Å². The summed E-state index contributed by atoms with van der Waals surface area (Å²) in [6, 6.07) is 1.40. The van der Waals surface area contributed by atoms with Gasteiger partial charge in [-0.25, -0.2) is 0 Å². The highest BCUT2D eigenvalue weighted by Gasteiger charge is 2.42. The van der Waals surface area contributed by atoms with Crippen LogP contribution in [0.3, 0.4) is 0 Å². The Morgan fingerprint density at radius 3 is 1.63 bits per heavy atom. The molecule has 1 nitrogen and oxygen atoms in total. The van der Waals surface area contributed by atoms with Crippen LogP contribution in [0.2, 0.25) is 0 Å². The molecule has 106 valence electrons. The number of benzene rings is 1. The molecule has 0 unspecified atom stereocenters. The number of alkyl halides is 6. The molecule has 0 aliphatic heterocycles. The first-order chi connectivity index (χ1) is 8.50. The zero-order chi connectivity index (χ0) is 14.5. The van der Waals surface area contributed by atoms with E-state index in [1.165, 1.54) is 0 Å². The summed E-state index contributed by atoms with van der Waals surface area (Å²) in [5, 5.41) is 9.61. The average Bonchev–Trinajstić information content (AvgIpc) is 2.92. The van der Waals surface area contributed by atoms with Gasteiger partial charge in [-0.2, -0.15) is 26.3 Å². The van der Waals surface area contributed by atoms with Crippen molar-refractivity contribution in [3.05, 3.63) is 34.9 Å². The number of aliphatic hydroxyl groups is 1. The van der Waals surface area contributed by atoms with Crippen LogP contribution in [-0.4, -0.2) is 10.7 Å². The Morgan fingerprint density at radius 1 is 0.895 bits per heavy atom. The summed E-state index contributed by atoms with van der Waals surface area (Å²) in [4.78, 5) is 0. The third-order valence-electron chi connectivity index (χ3n) is 3.01. The topological polar surface area (TPSA) is 20.2 Å². The molecule has 1 saturated carbocycles. The monoisotopic (exact) mass is 284 g/mol. The number of hydrogen-bond acceptors (Lipinski definition) is 1. The second-order valence-corrected chi connectivity index (χ2v) is 4.82. The zero-order valence-electron chi connectivity index (χ0n) is 9.57. The first kappa shape index (κ1) is 14.2. The number of rotatable bonds is 2. The minimum absolute atomic E-state index is 0.0838. The van der Waals surface area contributed by atoms with Gasteiger partial charge in [-0.05, 0) is 36.6 Å². The second kappa shape index (κ2) is 4.13. The van der Waals surface area contributed by atoms with Crippen LogP contribution < -0.4 is 0 Å². The summed E-state index contributed by atoms with van der Waals surface area (Å²) in [5.74, 6) is 0. The molecular weight excluding hydrogens is 274 g/mol. The first-order valence-corrected chi connectivity index (χ1v) is 5.50. The Labute approximate surface area is 104 Å². The third kappa shape index (κ3) is 3.40. The molecule has 0 heterocycles. The van der Waals surface area contributed by atoms with Gasteiger partial charge in [0.15, 0.2) is 0 Å². The van der Waals surface area contributed by atoms with Crippen molar-refractivity contribution >= 4 is 0 Å². The van der Waals surface area contributed by atoms with E-state index in [1.54, 1.807) is 0 Å². The van der Waals surface area contributed by atoms with Gasteiger partial charge < -0.3 is 5.11 Å². The van der Waals surface area contributed by atoms with E-state index >= 15 is 0 Å². The van der Waals surface area contributed by atoms with Crippen LogP contribution in [-0.2, 0) is 18.8 Å². The molecule has 7 heteroatoms. The van der Waals surface area contributed by atoms with Crippen LogP contribution in [0, 0.1) is 0 Å². The Bertz CT molecular complexity index is 452. The largest absolute Gasteiger partial charge is 0.416 e. The molecule has 1 fully saturated rings. The van der Waals surface area contributed by atoms with Gasteiger partial charge >= 0.3 is 12.4 Å². The molecule has 1 aliphatic rings. The summed E-state index contributed by atoms with van der Waals surface area (Å²) in [6.45, 7) is 0. The first-order valence-electron chi connectivity index (χ1n) is 5.50. The lowest BCUT2D eigenvalue weighted by Gasteiger charge is -2.15. The summed E-state index contributed by atoms with van der Waals surface area (Å²) < 4.78 is 75.3. The molecule has 0 spiro atoms. The minimum atomic E-state index is -4.85. The van der Waals surface area contributed by atoms with E-state index in [9.17, 15) is 31.4 Å². The van der Waals surface area contributed by atoms with Crippen LogP contribution in [0.25, 0.3) is 0 Å². The Balaban J connectivity index is 2.42. The third-order valence-corrected chi connectivity index (χ3v) is 3.01. The molecule has 0 atom stereocenters. The van der Waals surface area contributed by atoms with Crippen molar-refractivity contribution in [2.45, 2.75) is 37.2 Å². The molecular formula is C12H10F6O. The van der Waals surface area contributed by atoms with Crippen LogP contribution in [0.15, 0.2) is 18.2 Å². The van der Waals surface area contributed by atoms with Crippen LogP contribution >= 0.6 is 0 Å². The molecule has 1 aromatic carbocycles. The van der Waals surface area contributed by atoms with Gasteiger partial charge in [-0.3, -0.25) is 0 Å². The van der Waals surface area contributed by atoms with Crippen molar-refractivity contribution in [2.75, 3.05) is 0 Å². The van der Waals surface area contributed by atoms with E-state index < -0.39 is 29.1 Å². The van der Waals surface area contributed by atoms with Crippen LogP contribution in [0.5, 0.6) is 0 Å². The maximum atomic E-state index is 12.6. The predicted molar refractivity (Wildman–Crippen MR) is 54.3 cm³/mol. The van der Waals surface area contributed by atoms with Gasteiger partial charge in [-0.15, -0.1) is 0 Å². The highest BCUT2D eigenvalue weighted by atomic mass is 19.4. The lowest BCUT2D eigenvalue weighted by molar-refractivity contribution is -0.143. The highest BCUT2D eigenvalue weighted by Crippen LogP contribution is 2.41. The van der Waals surface area contributed by atoms with Crippen molar-refractivity contribution < 1.29 is 31.4 Å². The molecule has 1 N–H and O–H groups in total. The Kier molecular flexibility index (Phi) is 3.08. The molecule has 1 aromatic rings. The zero-order valence-corrected chi connectivity index (χ0v) is 9.57. The van der Waals surface area contributed by atoms with Gasteiger partial charge in [0, 0.05) is 6.42 Å². The molecule has 0 aromatic heterocycles. The van der Waals surface area contributed by atoms with Crippen molar-refractivity contribution in [3.63, 3.8) is 0 Å². The molecule has 0 saturated heterocycles. The second-order valence-electron chi connectivity index (χ2n) is 4.82. The molecule has 0 radical (unpaired) electrons. The Morgan fingerprint density at radius 2 is 1.32 bits per heavy atom. The maximum absolute atomic E-state index is 12.6. The Hall–Kier alpha value is -1.24. The van der Waals surface area contributed by atoms with Crippen LogP contribution in [0.4, 0.5) is 26.3 Å². The van der Waals surface area contributed by atoms with Crippen molar-refractivity contribution in [3.8, 4) is 0 Å². The fourth-order valence-electron chi connectivity index (χ4n) is 1.82. The predicted octanol–water partition coefficient (Wildman–Crippen LogP) is 3.79. The number of hydrogen-bond donors (Lipinski definition) is 1. The van der Waals surface area contributed by atoms with Crippen LogP contribution in [0.1, 0.15) is 29.5 Å². The lowest BCUT2D eigenvalue weighted by atomic mass is 10.00. The lowest BCUT2D eigenvalue weighted by Crippen LogP contribution is -2.15. The standard InChI is InChI=1S/C12H10F6O/c13-11(14,15)8-3-7(6-10(19)1-2-10)4-9(5-8)12(16,17)18/h3-5,19H,1-2,6H2. The van der Waals surface area contributed by atoms with Gasteiger partial charge in [0.2, 0.25) is 0 Å². The summed E-state index contributed by atoms with van der Waals surface area (Å²) in [7, 11) is 0. The number of halogens is 6. The van der Waals surface area contributed by atoms with E-state index in [-0.39, 0.29) is 18.1 Å². The molecule has 0 amide bonds. The van der Waals surface area contributed by atoms with Gasteiger partial charge in [0.05, 0.1) is 16.7 Å². The molecule has 2 rings (SSSR count). The van der Waals surface area contributed by atoms with Crippen molar-refractivity contribution in [1.29, 1.82) is 0 Å². The van der Waals surface area contributed by atoms with E-state index in [2.05, 4.69) is 0 Å². The normalized spacial score (nSPS) is 18.5. The van der Waals surface area contributed by atoms with Gasteiger partial charge in [0.1, 0.15) is 0 Å². The average molecular weight is 284 g/mol. The molecule has 0 bridgehead atoms. The fraction of sp³-hybridized carbons (Fsp3) is 0.500. The molecule has 1 aliphatic carbocycles. The van der Waals surface area contributed by atoms with Gasteiger partial charge in [-0.1, -0.05) is 0 Å². The maximum Gasteiger partial charge on any atom is 0.416 e.